The Labute approximate surface area is 170 Å². The third kappa shape index (κ3) is 4.68. The van der Waals surface area contributed by atoms with Gasteiger partial charge in [0.05, 0.1) is 6.04 Å². The number of alkyl halides is 3. The van der Waals surface area contributed by atoms with Crippen LogP contribution in [0.5, 0.6) is 0 Å². The molecule has 1 saturated carbocycles. The second-order valence-electron chi connectivity index (χ2n) is 9.07. The van der Waals surface area contributed by atoms with Crippen molar-refractivity contribution in [1.29, 1.82) is 0 Å². The molecule has 2 heterocycles. The first-order chi connectivity index (χ1) is 13.5. The topological polar surface area (TPSA) is 57.3 Å². The number of rotatable bonds is 6. The molecule has 0 bridgehead atoms. The number of carbonyl (C=O) groups is 1. The predicted molar refractivity (Wildman–Crippen MR) is 107 cm³/mol. The number of hydrogen-bond donors (Lipinski definition) is 2. The summed E-state index contributed by atoms with van der Waals surface area (Å²) in [6.45, 7) is 7.51. The van der Waals surface area contributed by atoms with E-state index in [1.54, 1.807) is 13.1 Å². The molecule has 4 atom stereocenters. The first-order valence-electron chi connectivity index (χ1n) is 10.3. The van der Waals surface area contributed by atoms with Crippen LogP contribution >= 0.6 is 0 Å². The van der Waals surface area contributed by atoms with Gasteiger partial charge < -0.3 is 15.5 Å². The van der Waals surface area contributed by atoms with E-state index in [1.807, 2.05) is 4.90 Å². The smallest absolute Gasteiger partial charge is 0.356 e. The first kappa shape index (κ1) is 21.9. The minimum Gasteiger partial charge on any atom is -0.356 e. The van der Waals surface area contributed by atoms with E-state index in [9.17, 15) is 18.0 Å². The molecule has 2 fully saturated rings. The Bertz CT molecular complexity index is 739. The Balaban J connectivity index is 1.71. The molecule has 29 heavy (non-hydrogen) atoms. The minimum atomic E-state index is -4.45. The van der Waals surface area contributed by atoms with E-state index in [2.05, 4.69) is 36.4 Å². The van der Waals surface area contributed by atoms with E-state index in [0.29, 0.717) is 30.7 Å². The third-order valence-corrected chi connectivity index (χ3v) is 6.42. The monoisotopic (exact) mass is 412 g/mol. The molecule has 8 heteroatoms. The SMILES string of the molecule is CN[C@@H](CC(C)C)C(=O)N[C@@]1(C)CC[C@@H]2CN(c3cccc(C(F)(F)F)n3)C[C@@H]21. The highest BCUT2D eigenvalue weighted by molar-refractivity contribution is 5.82. The van der Waals surface area contributed by atoms with Crippen LogP contribution < -0.4 is 15.5 Å². The van der Waals surface area contributed by atoms with Crippen LogP contribution in [0.4, 0.5) is 19.0 Å². The van der Waals surface area contributed by atoms with Crippen molar-refractivity contribution in [2.24, 2.45) is 17.8 Å². The van der Waals surface area contributed by atoms with Gasteiger partial charge in [-0.3, -0.25) is 4.79 Å². The number of pyridine rings is 1. The van der Waals surface area contributed by atoms with Crippen molar-refractivity contribution in [3.05, 3.63) is 23.9 Å². The summed E-state index contributed by atoms with van der Waals surface area (Å²) >= 11 is 0. The lowest BCUT2D eigenvalue weighted by atomic mass is 9.86. The number of amides is 1. The van der Waals surface area contributed by atoms with Gasteiger partial charge in [0.1, 0.15) is 11.5 Å². The predicted octanol–water partition coefficient (Wildman–Crippen LogP) is 3.46. The molecule has 3 rings (SSSR count). The molecule has 1 aromatic heterocycles. The first-order valence-corrected chi connectivity index (χ1v) is 10.3. The molecule has 1 amide bonds. The van der Waals surface area contributed by atoms with Gasteiger partial charge in [-0.2, -0.15) is 13.2 Å². The summed E-state index contributed by atoms with van der Waals surface area (Å²) in [5.74, 6) is 1.29. The minimum absolute atomic E-state index is 0.00000576. The van der Waals surface area contributed by atoms with E-state index in [1.165, 1.54) is 6.07 Å². The second kappa shape index (κ2) is 8.13. The van der Waals surface area contributed by atoms with Crippen LogP contribution in [-0.2, 0) is 11.0 Å². The molecular weight excluding hydrogens is 381 g/mol. The maximum Gasteiger partial charge on any atom is 0.433 e. The van der Waals surface area contributed by atoms with Crippen molar-refractivity contribution < 1.29 is 18.0 Å². The Morgan fingerprint density at radius 2 is 2.07 bits per heavy atom. The molecule has 1 aromatic rings. The van der Waals surface area contributed by atoms with Crippen LogP contribution in [0.3, 0.4) is 0 Å². The summed E-state index contributed by atoms with van der Waals surface area (Å²) in [5.41, 5.74) is -1.22. The molecular formula is C21H31F3N4O. The summed E-state index contributed by atoms with van der Waals surface area (Å²) < 4.78 is 39.1. The molecule has 1 aliphatic heterocycles. The molecule has 1 saturated heterocycles. The lowest BCUT2D eigenvalue weighted by molar-refractivity contribution is -0.141. The highest BCUT2D eigenvalue weighted by atomic mass is 19.4. The summed E-state index contributed by atoms with van der Waals surface area (Å²) in [6, 6.07) is 3.79. The van der Waals surface area contributed by atoms with E-state index >= 15 is 0 Å². The number of nitrogens with zero attached hydrogens (tertiary/aromatic N) is 2. The van der Waals surface area contributed by atoms with Crippen LogP contribution in [0.1, 0.15) is 45.7 Å². The van der Waals surface area contributed by atoms with Crippen molar-refractivity contribution in [1.82, 2.24) is 15.6 Å². The van der Waals surface area contributed by atoms with Gasteiger partial charge in [0, 0.05) is 24.5 Å². The fourth-order valence-electron chi connectivity index (χ4n) is 4.85. The summed E-state index contributed by atoms with van der Waals surface area (Å²) in [4.78, 5) is 18.6. The number of anilines is 1. The van der Waals surface area contributed by atoms with Crippen molar-refractivity contribution >= 4 is 11.7 Å². The average Bonchev–Trinajstić information content (AvgIpc) is 3.20. The Hall–Kier alpha value is -1.83. The fraction of sp³-hybridized carbons (Fsp3) is 0.714. The van der Waals surface area contributed by atoms with Gasteiger partial charge in [0.25, 0.3) is 0 Å². The van der Waals surface area contributed by atoms with Crippen LogP contribution in [0.25, 0.3) is 0 Å². The van der Waals surface area contributed by atoms with Crippen molar-refractivity contribution in [2.45, 2.75) is 57.8 Å². The molecule has 0 aromatic carbocycles. The van der Waals surface area contributed by atoms with Gasteiger partial charge in [-0.25, -0.2) is 4.98 Å². The number of likely N-dealkylation sites (N-methyl/N-ethyl adjacent to an activating group) is 1. The summed E-state index contributed by atoms with van der Waals surface area (Å²) in [7, 11) is 1.79. The van der Waals surface area contributed by atoms with Crippen LogP contribution in [0.15, 0.2) is 18.2 Å². The number of hydrogen-bond acceptors (Lipinski definition) is 4. The number of halogens is 3. The van der Waals surface area contributed by atoms with Gasteiger partial charge in [-0.05, 0) is 57.2 Å². The van der Waals surface area contributed by atoms with Gasteiger partial charge in [0.15, 0.2) is 0 Å². The number of fused-ring (bicyclic) bond motifs is 1. The molecule has 2 N–H and O–H groups in total. The average molecular weight is 413 g/mol. The lowest BCUT2D eigenvalue weighted by Crippen LogP contribution is -2.55. The maximum absolute atomic E-state index is 13.0. The number of aromatic nitrogens is 1. The lowest BCUT2D eigenvalue weighted by Gasteiger charge is -2.34. The molecule has 1 aliphatic carbocycles. The van der Waals surface area contributed by atoms with Gasteiger partial charge in [0.2, 0.25) is 5.91 Å². The van der Waals surface area contributed by atoms with Crippen molar-refractivity contribution in [3.63, 3.8) is 0 Å². The normalized spacial score (nSPS) is 27.9. The van der Waals surface area contributed by atoms with E-state index in [-0.39, 0.29) is 23.4 Å². The van der Waals surface area contributed by atoms with Gasteiger partial charge in [-0.15, -0.1) is 0 Å². The zero-order chi connectivity index (χ0) is 21.4. The maximum atomic E-state index is 13.0. The Kier molecular flexibility index (Phi) is 6.13. The molecule has 0 unspecified atom stereocenters. The standard InChI is InChI=1S/C21H31F3N4O/c1-13(2)10-16(25-4)19(29)27-20(3)9-8-14-11-28(12-15(14)20)18-7-5-6-17(26-18)21(22,23)24/h5-7,13-16,25H,8-12H2,1-4H3,(H,27,29)/t14-,15+,16+,20+/m1/s1. The van der Waals surface area contributed by atoms with Gasteiger partial charge in [-0.1, -0.05) is 19.9 Å². The zero-order valence-corrected chi connectivity index (χ0v) is 17.5. The fourth-order valence-corrected chi connectivity index (χ4v) is 4.85. The highest BCUT2D eigenvalue weighted by Crippen LogP contribution is 2.46. The number of carbonyl (C=O) groups excluding carboxylic acids is 1. The van der Waals surface area contributed by atoms with Crippen LogP contribution in [0, 0.1) is 17.8 Å². The molecule has 0 radical (unpaired) electrons. The highest BCUT2D eigenvalue weighted by Gasteiger charge is 2.51. The molecule has 5 nitrogen and oxygen atoms in total. The van der Waals surface area contributed by atoms with Crippen molar-refractivity contribution in [2.75, 3.05) is 25.0 Å². The summed E-state index contributed by atoms with van der Waals surface area (Å²) in [5, 5.41) is 6.36. The van der Waals surface area contributed by atoms with E-state index in [4.69, 9.17) is 0 Å². The van der Waals surface area contributed by atoms with Crippen molar-refractivity contribution in [3.8, 4) is 0 Å². The van der Waals surface area contributed by atoms with Crippen LogP contribution in [-0.4, -0.2) is 42.6 Å². The summed E-state index contributed by atoms with van der Waals surface area (Å²) in [6.07, 6.45) is -1.86. The van der Waals surface area contributed by atoms with E-state index in [0.717, 1.165) is 25.3 Å². The quantitative estimate of drug-likeness (QED) is 0.752. The second-order valence-corrected chi connectivity index (χ2v) is 9.07. The third-order valence-electron chi connectivity index (χ3n) is 6.42. The van der Waals surface area contributed by atoms with Gasteiger partial charge >= 0.3 is 6.18 Å². The largest absolute Gasteiger partial charge is 0.433 e. The number of nitrogens with one attached hydrogen (secondary N) is 2. The molecule has 162 valence electrons. The Morgan fingerprint density at radius 1 is 1.34 bits per heavy atom. The van der Waals surface area contributed by atoms with Crippen LogP contribution in [0.2, 0.25) is 0 Å². The Morgan fingerprint density at radius 3 is 2.69 bits per heavy atom. The zero-order valence-electron chi connectivity index (χ0n) is 17.5. The van der Waals surface area contributed by atoms with E-state index < -0.39 is 11.9 Å². The molecule has 2 aliphatic rings. The molecule has 0 spiro atoms.